The molecule has 16 heavy (non-hydrogen) atoms. The fourth-order valence-corrected chi connectivity index (χ4v) is 2.25. The van der Waals surface area contributed by atoms with Gasteiger partial charge in [0.1, 0.15) is 18.1 Å². The normalized spacial score (nSPS) is 10.4. The third-order valence-electron chi connectivity index (χ3n) is 2.09. The van der Waals surface area contributed by atoms with Crippen LogP contribution in [0.2, 0.25) is 0 Å². The molecule has 0 radical (unpaired) electrons. The molecule has 0 atom stereocenters. The maximum Gasteiger partial charge on any atom is 0.169 e. The van der Waals surface area contributed by atoms with Crippen LogP contribution >= 0.6 is 31.9 Å². The Morgan fingerprint density at radius 2 is 2.00 bits per heavy atom. The van der Waals surface area contributed by atoms with Crippen LogP contribution in [0.25, 0.3) is 0 Å². The molecular weight excluding hydrogens is 336 g/mol. The molecule has 1 aromatic carbocycles. The predicted molar refractivity (Wildman–Crippen MR) is 69.6 cm³/mol. The SMILES string of the molecule is Cc1ccc(OCc2ccc(Br)o2)c(Br)c1. The molecule has 2 rings (SSSR count). The zero-order valence-electron chi connectivity index (χ0n) is 8.67. The summed E-state index contributed by atoms with van der Waals surface area (Å²) < 4.78 is 12.6. The van der Waals surface area contributed by atoms with Crippen molar-refractivity contribution in [3.8, 4) is 5.75 Å². The Kier molecular flexibility index (Phi) is 3.71. The summed E-state index contributed by atoms with van der Waals surface area (Å²) in [7, 11) is 0. The van der Waals surface area contributed by atoms with E-state index in [4.69, 9.17) is 9.15 Å². The van der Waals surface area contributed by atoms with Crippen LogP contribution in [-0.2, 0) is 6.61 Å². The van der Waals surface area contributed by atoms with Gasteiger partial charge in [-0.05, 0) is 68.6 Å². The van der Waals surface area contributed by atoms with E-state index in [1.165, 1.54) is 5.56 Å². The Balaban J connectivity index is 2.04. The van der Waals surface area contributed by atoms with Crippen molar-refractivity contribution in [2.24, 2.45) is 0 Å². The van der Waals surface area contributed by atoms with Crippen molar-refractivity contribution in [2.45, 2.75) is 13.5 Å². The molecule has 0 aliphatic heterocycles. The Morgan fingerprint density at radius 3 is 2.62 bits per heavy atom. The zero-order chi connectivity index (χ0) is 11.5. The minimum Gasteiger partial charge on any atom is -0.484 e. The van der Waals surface area contributed by atoms with Crippen molar-refractivity contribution in [1.29, 1.82) is 0 Å². The highest BCUT2D eigenvalue weighted by Crippen LogP contribution is 2.27. The molecular formula is C12H10Br2O2. The van der Waals surface area contributed by atoms with Gasteiger partial charge in [0.25, 0.3) is 0 Å². The number of rotatable bonds is 3. The highest BCUT2D eigenvalue weighted by molar-refractivity contribution is 9.10. The first kappa shape index (κ1) is 11.7. The van der Waals surface area contributed by atoms with Gasteiger partial charge in [-0.15, -0.1) is 0 Å². The van der Waals surface area contributed by atoms with Gasteiger partial charge in [-0.1, -0.05) is 6.07 Å². The highest BCUT2D eigenvalue weighted by Gasteiger charge is 2.04. The van der Waals surface area contributed by atoms with E-state index in [2.05, 4.69) is 31.9 Å². The first-order chi connectivity index (χ1) is 7.65. The lowest BCUT2D eigenvalue weighted by molar-refractivity contribution is 0.266. The lowest BCUT2D eigenvalue weighted by Crippen LogP contribution is -1.94. The average molecular weight is 346 g/mol. The molecule has 0 saturated carbocycles. The van der Waals surface area contributed by atoms with Gasteiger partial charge in [0.15, 0.2) is 4.67 Å². The van der Waals surface area contributed by atoms with Gasteiger partial charge in [-0.25, -0.2) is 0 Å². The van der Waals surface area contributed by atoms with Crippen LogP contribution in [0.3, 0.4) is 0 Å². The number of furan rings is 1. The Morgan fingerprint density at radius 1 is 1.19 bits per heavy atom. The van der Waals surface area contributed by atoms with Crippen molar-refractivity contribution in [3.05, 3.63) is 50.8 Å². The van der Waals surface area contributed by atoms with E-state index in [9.17, 15) is 0 Å². The largest absolute Gasteiger partial charge is 0.484 e. The molecule has 0 unspecified atom stereocenters. The molecule has 2 aromatic rings. The van der Waals surface area contributed by atoms with Gasteiger partial charge in [0, 0.05) is 0 Å². The quantitative estimate of drug-likeness (QED) is 0.805. The molecule has 0 fully saturated rings. The van der Waals surface area contributed by atoms with Crippen LogP contribution in [0.1, 0.15) is 11.3 Å². The van der Waals surface area contributed by atoms with Crippen LogP contribution in [-0.4, -0.2) is 0 Å². The minimum absolute atomic E-state index is 0.424. The van der Waals surface area contributed by atoms with Crippen molar-refractivity contribution >= 4 is 31.9 Å². The maximum atomic E-state index is 5.63. The number of halogens is 2. The topological polar surface area (TPSA) is 22.4 Å². The molecule has 0 bridgehead atoms. The van der Waals surface area contributed by atoms with Gasteiger partial charge in [0.05, 0.1) is 4.47 Å². The summed E-state index contributed by atoms with van der Waals surface area (Å²) in [5.74, 6) is 1.61. The number of hydrogen-bond acceptors (Lipinski definition) is 2. The van der Waals surface area contributed by atoms with Gasteiger partial charge in [-0.3, -0.25) is 0 Å². The van der Waals surface area contributed by atoms with E-state index in [1.54, 1.807) is 0 Å². The summed E-state index contributed by atoms with van der Waals surface area (Å²) in [6.45, 7) is 2.46. The van der Waals surface area contributed by atoms with Crippen molar-refractivity contribution in [3.63, 3.8) is 0 Å². The molecule has 0 saturated heterocycles. The number of hydrogen-bond donors (Lipinski definition) is 0. The molecule has 84 valence electrons. The molecule has 1 aromatic heterocycles. The summed E-state index contributed by atoms with van der Waals surface area (Å²) >= 11 is 6.71. The molecule has 2 nitrogen and oxygen atoms in total. The second-order valence-electron chi connectivity index (χ2n) is 3.43. The summed E-state index contributed by atoms with van der Waals surface area (Å²) in [4.78, 5) is 0. The van der Waals surface area contributed by atoms with Crippen molar-refractivity contribution in [2.75, 3.05) is 0 Å². The van der Waals surface area contributed by atoms with Gasteiger partial charge >= 0.3 is 0 Å². The average Bonchev–Trinajstić information content (AvgIpc) is 2.63. The van der Waals surface area contributed by atoms with E-state index in [1.807, 2.05) is 37.3 Å². The Hall–Kier alpha value is -0.740. The zero-order valence-corrected chi connectivity index (χ0v) is 11.8. The lowest BCUT2D eigenvalue weighted by Gasteiger charge is -2.06. The van der Waals surface area contributed by atoms with Crippen LogP contribution in [0.15, 0.2) is 43.9 Å². The molecule has 4 heteroatoms. The van der Waals surface area contributed by atoms with Crippen LogP contribution in [0, 0.1) is 6.92 Å². The first-order valence-corrected chi connectivity index (χ1v) is 6.37. The molecule has 1 heterocycles. The summed E-state index contributed by atoms with van der Waals surface area (Å²) in [6, 6.07) is 9.71. The smallest absolute Gasteiger partial charge is 0.169 e. The summed E-state index contributed by atoms with van der Waals surface area (Å²) in [5, 5.41) is 0. The number of ether oxygens (including phenoxy) is 1. The Labute approximate surface area is 111 Å². The summed E-state index contributed by atoms with van der Waals surface area (Å²) in [6.07, 6.45) is 0. The predicted octanol–water partition coefficient (Wildman–Crippen LogP) is 4.69. The van der Waals surface area contributed by atoms with Gasteiger partial charge < -0.3 is 9.15 Å². The monoisotopic (exact) mass is 344 g/mol. The van der Waals surface area contributed by atoms with Crippen molar-refractivity contribution in [1.82, 2.24) is 0 Å². The minimum atomic E-state index is 0.424. The molecule has 0 aliphatic carbocycles. The summed E-state index contributed by atoms with van der Waals surface area (Å²) in [5.41, 5.74) is 1.19. The van der Waals surface area contributed by atoms with Crippen LogP contribution < -0.4 is 4.74 Å². The molecule has 0 aliphatic rings. The third kappa shape index (κ3) is 2.89. The van der Waals surface area contributed by atoms with Crippen molar-refractivity contribution < 1.29 is 9.15 Å². The molecule has 0 N–H and O–H groups in total. The first-order valence-electron chi connectivity index (χ1n) is 4.78. The van der Waals surface area contributed by atoms with Gasteiger partial charge in [0.2, 0.25) is 0 Å². The standard InChI is InChI=1S/C12H10Br2O2/c1-8-2-4-11(10(13)6-8)15-7-9-3-5-12(14)16-9/h2-6H,7H2,1H3. The van der Waals surface area contributed by atoms with E-state index in [0.29, 0.717) is 11.3 Å². The number of aryl methyl sites for hydroxylation is 1. The second kappa shape index (κ2) is 5.06. The highest BCUT2D eigenvalue weighted by atomic mass is 79.9. The van der Waals surface area contributed by atoms with Crippen LogP contribution in [0.4, 0.5) is 0 Å². The molecule has 0 spiro atoms. The molecule has 0 amide bonds. The Bertz CT molecular complexity index is 492. The lowest BCUT2D eigenvalue weighted by atomic mass is 10.2. The van der Waals surface area contributed by atoms with E-state index >= 15 is 0 Å². The van der Waals surface area contributed by atoms with Gasteiger partial charge in [-0.2, -0.15) is 0 Å². The second-order valence-corrected chi connectivity index (χ2v) is 5.06. The van der Waals surface area contributed by atoms with E-state index < -0.39 is 0 Å². The fraction of sp³-hybridized carbons (Fsp3) is 0.167. The van der Waals surface area contributed by atoms with Crippen LogP contribution in [0.5, 0.6) is 5.75 Å². The third-order valence-corrected chi connectivity index (χ3v) is 3.13. The van der Waals surface area contributed by atoms with E-state index in [-0.39, 0.29) is 0 Å². The fourth-order valence-electron chi connectivity index (χ4n) is 1.30. The maximum absolute atomic E-state index is 5.63. The number of benzene rings is 1. The van der Waals surface area contributed by atoms with E-state index in [0.717, 1.165) is 16.0 Å².